The lowest BCUT2D eigenvalue weighted by Gasteiger charge is -2.25. The van der Waals surface area contributed by atoms with E-state index in [9.17, 15) is 13.2 Å². The van der Waals surface area contributed by atoms with Gasteiger partial charge in [-0.3, -0.25) is 0 Å². The molecule has 0 fully saturated rings. The van der Waals surface area contributed by atoms with Gasteiger partial charge in [-0.05, 0) is 31.9 Å². The van der Waals surface area contributed by atoms with Gasteiger partial charge in [0.2, 0.25) is 0 Å². The smallest absolute Gasteiger partial charge is 0.348 e. The van der Waals surface area contributed by atoms with Crippen LogP contribution in [-0.4, -0.2) is 30.3 Å². The number of hydrogen-bond acceptors (Lipinski definition) is 3. The highest BCUT2D eigenvalue weighted by Gasteiger charge is 2.31. The number of halogens is 3. The van der Waals surface area contributed by atoms with Crippen LogP contribution in [0, 0.1) is 0 Å². The lowest BCUT2D eigenvalue weighted by Crippen LogP contribution is -2.35. The quantitative estimate of drug-likeness (QED) is 0.884. The van der Waals surface area contributed by atoms with E-state index in [0.717, 1.165) is 5.56 Å². The van der Waals surface area contributed by atoms with Gasteiger partial charge in [-0.15, -0.1) is 0 Å². The molecule has 18 heavy (non-hydrogen) atoms. The van der Waals surface area contributed by atoms with Gasteiger partial charge in [-0.1, -0.05) is 6.07 Å². The Bertz CT molecular complexity index is 377. The predicted molar refractivity (Wildman–Crippen MR) is 65.5 cm³/mol. The van der Waals surface area contributed by atoms with Crippen molar-refractivity contribution in [2.75, 3.05) is 18.0 Å². The zero-order valence-electron chi connectivity index (χ0n) is 10.5. The Labute approximate surface area is 105 Å². The minimum absolute atomic E-state index is 0.113. The second-order valence-corrected chi connectivity index (χ2v) is 4.30. The summed E-state index contributed by atoms with van der Waals surface area (Å²) in [6.45, 7) is 2.75. The maximum Gasteiger partial charge on any atom is 0.405 e. The van der Waals surface area contributed by atoms with Crippen LogP contribution in [0.5, 0.6) is 0 Å². The molecule has 1 unspecified atom stereocenters. The number of aromatic nitrogens is 1. The molecule has 0 aliphatic carbocycles. The Morgan fingerprint density at radius 2 is 2.11 bits per heavy atom. The standard InChI is InChI=1S/C12H18F3N3/c1-3-18(8-12(13,14)15)11-10(7-9(2)16)5-4-6-17-11/h4-6,9H,3,7-8,16H2,1-2H3. The van der Waals surface area contributed by atoms with Crippen LogP contribution in [0.2, 0.25) is 0 Å². The second-order valence-electron chi connectivity index (χ2n) is 4.30. The first-order valence-electron chi connectivity index (χ1n) is 5.84. The Balaban J connectivity index is 2.97. The Morgan fingerprint density at radius 1 is 1.44 bits per heavy atom. The van der Waals surface area contributed by atoms with Gasteiger partial charge < -0.3 is 10.6 Å². The van der Waals surface area contributed by atoms with Crippen molar-refractivity contribution in [3.8, 4) is 0 Å². The van der Waals surface area contributed by atoms with Crippen molar-refractivity contribution in [2.24, 2.45) is 5.73 Å². The summed E-state index contributed by atoms with van der Waals surface area (Å²) in [5.41, 5.74) is 6.44. The molecule has 1 heterocycles. The number of anilines is 1. The van der Waals surface area contributed by atoms with Crippen molar-refractivity contribution in [2.45, 2.75) is 32.5 Å². The summed E-state index contributed by atoms with van der Waals surface area (Å²) in [5.74, 6) is 0.370. The summed E-state index contributed by atoms with van der Waals surface area (Å²) < 4.78 is 37.4. The first-order valence-corrected chi connectivity index (χ1v) is 5.84. The van der Waals surface area contributed by atoms with Gasteiger partial charge in [0, 0.05) is 18.8 Å². The molecule has 0 aromatic carbocycles. The van der Waals surface area contributed by atoms with E-state index in [4.69, 9.17) is 5.73 Å². The fourth-order valence-corrected chi connectivity index (χ4v) is 1.77. The average molecular weight is 261 g/mol. The number of pyridine rings is 1. The van der Waals surface area contributed by atoms with E-state index in [1.54, 1.807) is 19.1 Å². The van der Waals surface area contributed by atoms with Crippen LogP contribution in [0.4, 0.5) is 19.0 Å². The van der Waals surface area contributed by atoms with E-state index < -0.39 is 12.7 Å². The summed E-state index contributed by atoms with van der Waals surface area (Å²) in [5, 5.41) is 0. The van der Waals surface area contributed by atoms with Gasteiger partial charge in [0.15, 0.2) is 0 Å². The van der Waals surface area contributed by atoms with Crippen LogP contribution in [0.1, 0.15) is 19.4 Å². The molecule has 0 bridgehead atoms. The molecule has 102 valence electrons. The molecular formula is C12H18F3N3. The predicted octanol–water partition coefficient (Wildman–Crippen LogP) is 2.36. The molecule has 3 nitrogen and oxygen atoms in total. The van der Waals surface area contributed by atoms with E-state index >= 15 is 0 Å². The van der Waals surface area contributed by atoms with E-state index in [2.05, 4.69) is 4.98 Å². The molecule has 0 radical (unpaired) electrons. The van der Waals surface area contributed by atoms with Crippen LogP contribution in [0.25, 0.3) is 0 Å². The zero-order valence-corrected chi connectivity index (χ0v) is 10.5. The lowest BCUT2D eigenvalue weighted by molar-refractivity contribution is -0.119. The lowest BCUT2D eigenvalue weighted by atomic mass is 10.1. The van der Waals surface area contributed by atoms with Crippen molar-refractivity contribution in [3.63, 3.8) is 0 Å². The largest absolute Gasteiger partial charge is 0.405 e. The zero-order chi connectivity index (χ0) is 13.8. The molecule has 1 atom stereocenters. The Morgan fingerprint density at radius 3 is 2.61 bits per heavy atom. The number of nitrogens with two attached hydrogens (primary N) is 1. The molecule has 1 aromatic heterocycles. The third kappa shape index (κ3) is 4.52. The van der Waals surface area contributed by atoms with Gasteiger partial charge in [-0.25, -0.2) is 4.98 Å². The molecule has 0 spiro atoms. The van der Waals surface area contributed by atoms with Crippen molar-refractivity contribution < 1.29 is 13.2 Å². The fraction of sp³-hybridized carbons (Fsp3) is 0.583. The topological polar surface area (TPSA) is 42.2 Å². The molecule has 6 heteroatoms. The third-order valence-electron chi connectivity index (χ3n) is 2.46. The maximum absolute atomic E-state index is 12.5. The average Bonchev–Trinajstić information content (AvgIpc) is 2.25. The molecule has 0 saturated carbocycles. The van der Waals surface area contributed by atoms with E-state index in [-0.39, 0.29) is 12.6 Å². The van der Waals surface area contributed by atoms with Crippen LogP contribution < -0.4 is 10.6 Å². The van der Waals surface area contributed by atoms with Crippen LogP contribution >= 0.6 is 0 Å². The van der Waals surface area contributed by atoms with Crippen molar-refractivity contribution in [1.29, 1.82) is 0 Å². The highest BCUT2D eigenvalue weighted by Crippen LogP contribution is 2.23. The minimum Gasteiger partial charge on any atom is -0.348 e. The Hall–Kier alpha value is -1.30. The normalized spacial score (nSPS) is 13.4. The van der Waals surface area contributed by atoms with Crippen LogP contribution in [-0.2, 0) is 6.42 Å². The molecule has 1 aromatic rings. The SMILES string of the molecule is CCN(CC(F)(F)F)c1ncccc1CC(C)N. The second kappa shape index (κ2) is 6.04. The molecule has 0 aliphatic rings. The number of nitrogens with zero attached hydrogens (tertiary/aromatic N) is 2. The first-order chi connectivity index (χ1) is 8.33. The van der Waals surface area contributed by atoms with E-state index in [1.807, 2.05) is 6.92 Å². The van der Waals surface area contributed by atoms with Gasteiger partial charge in [0.1, 0.15) is 12.4 Å². The van der Waals surface area contributed by atoms with Crippen molar-refractivity contribution in [3.05, 3.63) is 23.9 Å². The maximum atomic E-state index is 12.5. The van der Waals surface area contributed by atoms with Crippen molar-refractivity contribution >= 4 is 5.82 Å². The molecule has 0 saturated heterocycles. The summed E-state index contributed by atoms with van der Waals surface area (Å²) in [7, 11) is 0. The van der Waals surface area contributed by atoms with E-state index in [1.165, 1.54) is 11.1 Å². The highest BCUT2D eigenvalue weighted by molar-refractivity contribution is 5.47. The Kier molecular flexibility index (Phi) is 4.95. The summed E-state index contributed by atoms with van der Waals surface area (Å²) >= 11 is 0. The van der Waals surface area contributed by atoms with Gasteiger partial charge in [-0.2, -0.15) is 13.2 Å². The van der Waals surface area contributed by atoms with Crippen molar-refractivity contribution in [1.82, 2.24) is 4.98 Å². The minimum atomic E-state index is -4.24. The summed E-state index contributed by atoms with van der Waals surface area (Å²) in [6.07, 6.45) is -2.23. The summed E-state index contributed by atoms with van der Waals surface area (Å²) in [6, 6.07) is 3.37. The molecular weight excluding hydrogens is 243 g/mol. The third-order valence-corrected chi connectivity index (χ3v) is 2.46. The fourth-order valence-electron chi connectivity index (χ4n) is 1.77. The molecule has 1 rings (SSSR count). The molecule has 2 N–H and O–H groups in total. The van der Waals surface area contributed by atoms with Gasteiger partial charge in [0.05, 0.1) is 0 Å². The number of rotatable bonds is 5. The van der Waals surface area contributed by atoms with Crippen LogP contribution in [0.3, 0.4) is 0 Å². The number of alkyl halides is 3. The highest BCUT2D eigenvalue weighted by atomic mass is 19.4. The summed E-state index contributed by atoms with van der Waals surface area (Å²) in [4.78, 5) is 5.28. The molecule has 0 amide bonds. The van der Waals surface area contributed by atoms with Crippen LogP contribution in [0.15, 0.2) is 18.3 Å². The van der Waals surface area contributed by atoms with Gasteiger partial charge >= 0.3 is 6.18 Å². The van der Waals surface area contributed by atoms with Gasteiger partial charge in [0.25, 0.3) is 0 Å². The monoisotopic (exact) mass is 261 g/mol. The first kappa shape index (κ1) is 14.8. The molecule has 0 aliphatic heterocycles. The number of hydrogen-bond donors (Lipinski definition) is 1. The van der Waals surface area contributed by atoms with E-state index in [0.29, 0.717) is 12.2 Å².